The highest BCUT2D eigenvalue weighted by Gasteiger charge is 2.23. The Morgan fingerprint density at radius 1 is 1.35 bits per heavy atom. The van der Waals surface area contributed by atoms with Gasteiger partial charge in [0.2, 0.25) is 0 Å². The number of hydrogen-bond acceptors (Lipinski definition) is 4. The van der Waals surface area contributed by atoms with Crippen LogP contribution in [0.4, 0.5) is 4.39 Å². The van der Waals surface area contributed by atoms with Crippen LogP contribution in [0.1, 0.15) is 24.0 Å². The minimum Gasteiger partial charge on any atom is -0.310 e. The van der Waals surface area contributed by atoms with Gasteiger partial charge >= 0.3 is 0 Å². The number of benzene rings is 1. The molecule has 0 unspecified atom stereocenters. The van der Waals surface area contributed by atoms with Crippen LogP contribution in [0.2, 0.25) is 0 Å². The number of nitrogens with one attached hydrogen (secondary N) is 2. The summed E-state index contributed by atoms with van der Waals surface area (Å²) in [6, 6.07) is 3.40. The van der Waals surface area contributed by atoms with Crippen molar-refractivity contribution in [3.8, 4) is 0 Å². The maximum Gasteiger partial charge on any atom is 0.253 e. The van der Waals surface area contributed by atoms with Crippen LogP contribution in [0, 0.1) is 12.7 Å². The van der Waals surface area contributed by atoms with Crippen molar-refractivity contribution < 1.29 is 12.8 Å². The van der Waals surface area contributed by atoms with Gasteiger partial charge in [-0.25, -0.2) is 17.8 Å². The molecule has 1 aromatic rings. The Morgan fingerprint density at radius 3 is 2.55 bits per heavy atom. The van der Waals surface area contributed by atoms with Crippen LogP contribution >= 0.6 is 0 Å². The number of hydrogen-bond donors (Lipinski definition) is 2. The third kappa shape index (κ3) is 3.76. The maximum absolute atomic E-state index is 13.9. The van der Waals surface area contributed by atoms with Gasteiger partial charge in [0.1, 0.15) is 5.82 Å². The van der Waals surface area contributed by atoms with Crippen molar-refractivity contribution in [2.45, 2.75) is 37.2 Å². The lowest BCUT2D eigenvalue weighted by atomic mass is 10.1. The first kappa shape index (κ1) is 15.4. The molecule has 1 saturated carbocycles. The van der Waals surface area contributed by atoms with Gasteiger partial charge in [0, 0.05) is 32.2 Å². The van der Waals surface area contributed by atoms with Crippen molar-refractivity contribution in [3.05, 3.63) is 29.1 Å². The summed E-state index contributed by atoms with van der Waals surface area (Å²) in [7, 11) is -0.608. The van der Waals surface area contributed by atoms with E-state index in [-0.39, 0.29) is 10.5 Å². The highest BCUT2D eigenvalue weighted by Crippen LogP contribution is 2.23. The van der Waals surface area contributed by atoms with Crippen molar-refractivity contribution in [2.24, 2.45) is 0 Å². The number of hydrazine groups is 1. The number of sulfonamides is 1. The third-order valence-electron chi connectivity index (χ3n) is 3.12. The SMILES string of the molecule is Cc1c(F)cc(CNC2CC2)cc1S(=O)(=O)NN(C)C. The highest BCUT2D eigenvalue weighted by molar-refractivity contribution is 7.89. The van der Waals surface area contributed by atoms with E-state index in [1.165, 1.54) is 24.1 Å². The largest absolute Gasteiger partial charge is 0.310 e. The molecule has 2 N–H and O–H groups in total. The summed E-state index contributed by atoms with van der Waals surface area (Å²) in [5, 5.41) is 4.57. The van der Waals surface area contributed by atoms with E-state index >= 15 is 0 Å². The van der Waals surface area contributed by atoms with Gasteiger partial charge in [-0.05, 0) is 37.5 Å². The van der Waals surface area contributed by atoms with Crippen molar-refractivity contribution in [1.82, 2.24) is 15.2 Å². The van der Waals surface area contributed by atoms with Crippen LogP contribution in [-0.2, 0) is 16.6 Å². The molecule has 0 atom stereocenters. The molecule has 2 rings (SSSR count). The molecule has 1 fully saturated rings. The summed E-state index contributed by atoms with van der Waals surface area (Å²) in [4.78, 5) is 2.31. The first-order valence-electron chi connectivity index (χ1n) is 6.52. The number of nitrogens with zero attached hydrogens (tertiary/aromatic N) is 1. The number of rotatable bonds is 6. The topological polar surface area (TPSA) is 61.4 Å². The molecule has 7 heteroatoms. The van der Waals surface area contributed by atoms with Gasteiger partial charge in [-0.2, -0.15) is 0 Å². The van der Waals surface area contributed by atoms with E-state index in [4.69, 9.17) is 0 Å². The third-order valence-corrected chi connectivity index (χ3v) is 4.73. The Balaban J connectivity index is 2.30. The average molecular weight is 301 g/mol. The zero-order chi connectivity index (χ0) is 14.9. The predicted octanol–water partition coefficient (Wildman–Crippen LogP) is 1.14. The molecular formula is C13H20FN3O2S. The molecule has 0 bridgehead atoms. The molecule has 0 spiro atoms. The van der Waals surface area contributed by atoms with E-state index in [1.807, 2.05) is 0 Å². The fourth-order valence-electron chi connectivity index (χ4n) is 1.93. The van der Waals surface area contributed by atoms with Gasteiger partial charge in [-0.1, -0.05) is 0 Å². The Labute approximate surface area is 119 Å². The van der Waals surface area contributed by atoms with E-state index < -0.39 is 15.8 Å². The van der Waals surface area contributed by atoms with Crippen LogP contribution in [0.3, 0.4) is 0 Å². The lowest BCUT2D eigenvalue weighted by molar-refractivity contribution is 0.363. The predicted molar refractivity (Wildman–Crippen MR) is 75.0 cm³/mol. The average Bonchev–Trinajstić information content (AvgIpc) is 3.12. The normalized spacial score (nSPS) is 15.8. The fraction of sp³-hybridized carbons (Fsp3) is 0.538. The Bertz CT molecular complexity index is 598. The van der Waals surface area contributed by atoms with Gasteiger partial charge in [0.05, 0.1) is 4.90 Å². The first-order chi connectivity index (χ1) is 9.29. The van der Waals surface area contributed by atoms with Crippen molar-refractivity contribution in [1.29, 1.82) is 0 Å². The van der Waals surface area contributed by atoms with Gasteiger partial charge in [-0.15, -0.1) is 4.83 Å². The van der Waals surface area contributed by atoms with E-state index in [1.54, 1.807) is 14.1 Å². The van der Waals surface area contributed by atoms with Gasteiger partial charge < -0.3 is 5.32 Å². The van der Waals surface area contributed by atoms with Crippen LogP contribution < -0.4 is 10.1 Å². The zero-order valence-electron chi connectivity index (χ0n) is 11.9. The molecule has 0 aliphatic heterocycles. The number of halogens is 1. The zero-order valence-corrected chi connectivity index (χ0v) is 12.7. The van der Waals surface area contributed by atoms with E-state index in [2.05, 4.69) is 10.1 Å². The highest BCUT2D eigenvalue weighted by atomic mass is 32.2. The second-order valence-electron chi connectivity index (χ2n) is 5.35. The van der Waals surface area contributed by atoms with Gasteiger partial charge in [-0.3, -0.25) is 0 Å². The molecule has 0 saturated heterocycles. The molecule has 0 amide bonds. The second-order valence-corrected chi connectivity index (χ2v) is 6.97. The minimum atomic E-state index is -3.75. The van der Waals surface area contributed by atoms with Crippen LogP contribution in [0.15, 0.2) is 17.0 Å². The van der Waals surface area contributed by atoms with E-state index in [0.717, 1.165) is 12.8 Å². The smallest absolute Gasteiger partial charge is 0.253 e. The Kier molecular flexibility index (Phi) is 4.43. The molecular weight excluding hydrogens is 281 g/mol. The molecule has 1 aromatic carbocycles. The van der Waals surface area contributed by atoms with E-state index in [9.17, 15) is 12.8 Å². The molecule has 0 radical (unpaired) electrons. The lowest BCUT2D eigenvalue weighted by Gasteiger charge is -2.15. The monoisotopic (exact) mass is 301 g/mol. The maximum atomic E-state index is 13.9. The van der Waals surface area contributed by atoms with Gasteiger partial charge in [0.25, 0.3) is 10.0 Å². The van der Waals surface area contributed by atoms with E-state index in [0.29, 0.717) is 18.2 Å². The van der Waals surface area contributed by atoms with Crippen LogP contribution in [0.25, 0.3) is 0 Å². The summed E-state index contributed by atoms with van der Waals surface area (Å²) in [6.45, 7) is 1.95. The van der Waals surface area contributed by atoms with Gasteiger partial charge in [0.15, 0.2) is 0 Å². The van der Waals surface area contributed by atoms with Crippen molar-refractivity contribution in [2.75, 3.05) is 14.1 Å². The first-order valence-corrected chi connectivity index (χ1v) is 8.00. The summed E-state index contributed by atoms with van der Waals surface area (Å²) in [5.74, 6) is -0.501. The molecule has 1 aliphatic carbocycles. The summed E-state index contributed by atoms with van der Waals surface area (Å²) in [5.41, 5.74) is 0.772. The molecule has 0 heterocycles. The second kappa shape index (κ2) is 5.77. The summed E-state index contributed by atoms with van der Waals surface area (Å²) >= 11 is 0. The minimum absolute atomic E-state index is 0.0150. The Morgan fingerprint density at radius 2 is 2.00 bits per heavy atom. The van der Waals surface area contributed by atoms with Crippen LogP contribution in [-0.4, -0.2) is 33.6 Å². The molecule has 1 aliphatic rings. The fourth-order valence-corrected chi connectivity index (χ4v) is 3.31. The van der Waals surface area contributed by atoms with Crippen molar-refractivity contribution >= 4 is 10.0 Å². The standard InChI is InChI=1S/C13H20FN3O2S/c1-9-12(14)6-10(8-15-11-4-5-11)7-13(9)20(18,19)16-17(2)3/h6-7,11,15-16H,4-5,8H2,1-3H3. The summed E-state index contributed by atoms with van der Waals surface area (Å²) < 4.78 is 38.3. The Hall–Kier alpha value is -1.02. The lowest BCUT2D eigenvalue weighted by Crippen LogP contribution is -2.36. The van der Waals surface area contributed by atoms with Crippen LogP contribution in [0.5, 0.6) is 0 Å². The van der Waals surface area contributed by atoms with Crippen molar-refractivity contribution in [3.63, 3.8) is 0 Å². The molecule has 5 nitrogen and oxygen atoms in total. The molecule has 20 heavy (non-hydrogen) atoms. The summed E-state index contributed by atoms with van der Waals surface area (Å²) in [6.07, 6.45) is 2.25. The molecule has 0 aromatic heterocycles. The molecule has 112 valence electrons. The quantitative estimate of drug-likeness (QED) is 0.774.